The predicted octanol–water partition coefficient (Wildman–Crippen LogP) is 3.37. The van der Waals surface area contributed by atoms with Crippen molar-refractivity contribution in [1.29, 1.82) is 0 Å². The van der Waals surface area contributed by atoms with Gasteiger partial charge in [0.15, 0.2) is 0 Å². The highest BCUT2D eigenvalue weighted by Crippen LogP contribution is 2.23. The van der Waals surface area contributed by atoms with Crippen LogP contribution < -0.4 is 0 Å². The standard InChI is InChI=1S/C12H13N/c1-3-9-10-7-5-6-8-12(10)13-11(9)4-2/h3,5-8,13H,1,4H2,2H3. The van der Waals surface area contributed by atoms with E-state index in [-0.39, 0.29) is 0 Å². The first-order valence-corrected chi connectivity index (χ1v) is 4.58. The highest BCUT2D eigenvalue weighted by molar-refractivity contribution is 5.90. The van der Waals surface area contributed by atoms with E-state index >= 15 is 0 Å². The van der Waals surface area contributed by atoms with Crippen molar-refractivity contribution in [3.05, 3.63) is 42.1 Å². The van der Waals surface area contributed by atoms with Crippen LogP contribution in [0.25, 0.3) is 17.0 Å². The van der Waals surface area contributed by atoms with Gasteiger partial charge in [-0.25, -0.2) is 0 Å². The van der Waals surface area contributed by atoms with Gasteiger partial charge < -0.3 is 4.98 Å². The van der Waals surface area contributed by atoms with Gasteiger partial charge in [-0.2, -0.15) is 0 Å². The van der Waals surface area contributed by atoms with Crippen LogP contribution in [0.3, 0.4) is 0 Å². The quantitative estimate of drug-likeness (QED) is 0.713. The summed E-state index contributed by atoms with van der Waals surface area (Å²) in [4.78, 5) is 3.39. The number of aryl methyl sites for hydroxylation is 1. The van der Waals surface area contributed by atoms with E-state index in [9.17, 15) is 0 Å². The molecule has 0 saturated heterocycles. The minimum Gasteiger partial charge on any atom is -0.358 e. The predicted molar refractivity (Wildman–Crippen MR) is 57.8 cm³/mol. The summed E-state index contributed by atoms with van der Waals surface area (Å²) in [5.41, 5.74) is 3.73. The number of benzene rings is 1. The Hall–Kier alpha value is -1.50. The van der Waals surface area contributed by atoms with Gasteiger partial charge in [-0.3, -0.25) is 0 Å². The lowest BCUT2D eigenvalue weighted by atomic mass is 10.1. The smallest absolute Gasteiger partial charge is 0.0462 e. The monoisotopic (exact) mass is 171 g/mol. The molecule has 1 aromatic heterocycles. The molecule has 0 aliphatic heterocycles. The minimum absolute atomic E-state index is 1.02. The second kappa shape index (κ2) is 3.09. The molecule has 0 fully saturated rings. The SMILES string of the molecule is C=Cc1c(CC)[nH]c2ccccc12. The fourth-order valence-corrected chi connectivity index (χ4v) is 1.73. The van der Waals surface area contributed by atoms with Crippen LogP contribution in [0.15, 0.2) is 30.8 Å². The number of nitrogens with one attached hydrogen (secondary N) is 1. The molecule has 13 heavy (non-hydrogen) atoms. The molecular formula is C12H13N. The summed E-state index contributed by atoms with van der Waals surface area (Å²) in [5, 5.41) is 1.27. The summed E-state index contributed by atoms with van der Waals surface area (Å²) < 4.78 is 0. The highest BCUT2D eigenvalue weighted by atomic mass is 14.7. The van der Waals surface area contributed by atoms with Crippen molar-refractivity contribution in [3.8, 4) is 0 Å². The molecule has 0 saturated carbocycles. The molecule has 0 aliphatic carbocycles. The maximum atomic E-state index is 3.84. The molecule has 2 rings (SSSR count). The Morgan fingerprint density at radius 1 is 1.38 bits per heavy atom. The van der Waals surface area contributed by atoms with Gasteiger partial charge in [-0.15, -0.1) is 0 Å². The summed E-state index contributed by atoms with van der Waals surface area (Å²) in [7, 11) is 0. The summed E-state index contributed by atoms with van der Waals surface area (Å²) in [6, 6.07) is 8.33. The van der Waals surface area contributed by atoms with Crippen LogP contribution in [0.1, 0.15) is 18.2 Å². The van der Waals surface area contributed by atoms with Crippen LogP contribution in [-0.4, -0.2) is 4.98 Å². The molecule has 0 unspecified atom stereocenters. The summed E-state index contributed by atoms with van der Waals surface area (Å²) in [6.07, 6.45) is 2.95. The minimum atomic E-state index is 1.02. The lowest BCUT2D eigenvalue weighted by Crippen LogP contribution is -1.81. The van der Waals surface area contributed by atoms with Gasteiger partial charge in [0.05, 0.1) is 0 Å². The van der Waals surface area contributed by atoms with E-state index in [1.807, 2.05) is 12.1 Å². The third-order valence-electron chi connectivity index (χ3n) is 2.39. The first-order chi connectivity index (χ1) is 6.36. The topological polar surface area (TPSA) is 15.8 Å². The molecule has 0 bridgehead atoms. The van der Waals surface area contributed by atoms with Gasteiger partial charge in [0.1, 0.15) is 0 Å². The molecule has 0 atom stereocenters. The number of aromatic nitrogens is 1. The Bertz CT molecular complexity index is 437. The van der Waals surface area contributed by atoms with E-state index in [1.54, 1.807) is 0 Å². The number of hydrogen-bond donors (Lipinski definition) is 1. The number of aromatic amines is 1. The lowest BCUT2D eigenvalue weighted by molar-refractivity contribution is 1.07. The zero-order valence-corrected chi connectivity index (χ0v) is 7.80. The molecule has 1 heterocycles. The number of fused-ring (bicyclic) bond motifs is 1. The number of H-pyrrole nitrogens is 1. The van der Waals surface area contributed by atoms with Crippen molar-refractivity contribution >= 4 is 17.0 Å². The molecule has 0 aliphatic rings. The van der Waals surface area contributed by atoms with E-state index in [1.165, 1.54) is 22.2 Å². The highest BCUT2D eigenvalue weighted by Gasteiger charge is 2.05. The molecule has 0 radical (unpaired) electrons. The van der Waals surface area contributed by atoms with Crippen LogP contribution in [0, 0.1) is 0 Å². The molecule has 1 N–H and O–H groups in total. The van der Waals surface area contributed by atoms with Crippen LogP contribution in [0.5, 0.6) is 0 Å². The van der Waals surface area contributed by atoms with Crippen LogP contribution in [0.4, 0.5) is 0 Å². The largest absolute Gasteiger partial charge is 0.358 e. The average Bonchev–Trinajstić information content (AvgIpc) is 2.55. The van der Waals surface area contributed by atoms with Gasteiger partial charge in [0.2, 0.25) is 0 Å². The van der Waals surface area contributed by atoms with E-state index in [4.69, 9.17) is 0 Å². The van der Waals surface area contributed by atoms with E-state index in [2.05, 4.69) is 36.7 Å². The first kappa shape index (κ1) is 8.11. The Balaban J connectivity index is 2.81. The summed E-state index contributed by atoms with van der Waals surface area (Å²) >= 11 is 0. The van der Waals surface area contributed by atoms with Crippen molar-refractivity contribution < 1.29 is 0 Å². The molecule has 1 nitrogen and oxygen atoms in total. The number of rotatable bonds is 2. The second-order valence-electron chi connectivity index (χ2n) is 3.12. The normalized spacial score (nSPS) is 10.5. The van der Waals surface area contributed by atoms with Crippen molar-refractivity contribution in [3.63, 3.8) is 0 Å². The van der Waals surface area contributed by atoms with Crippen molar-refractivity contribution in [2.45, 2.75) is 13.3 Å². The third-order valence-corrected chi connectivity index (χ3v) is 2.39. The fourth-order valence-electron chi connectivity index (χ4n) is 1.73. The van der Waals surface area contributed by atoms with Crippen molar-refractivity contribution in [1.82, 2.24) is 4.98 Å². The maximum absolute atomic E-state index is 3.84. The first-order valence-electron chi connectivity index (χ1n) is 4.58. The second-order valence-corrected chi connectivity index (χ2v) is 3.12. The Kier molecular flexibility index (Phi) is 1.93. The Morgan fingerprint density at radius 3 is 2.85 bits per heavy atom. The Labute approximate surface area is 78.1 Å². The fraction of sp³-hybridized carbons (Fsp3) is 0.167. The average molecular weight is 171 g/mol. The molecule has 2 aromatic rings. The van der Waals surface area contributed by atoms with Gasteiger partial charge in [-0.05, 0) is 12.5 Å². The molecular weight excluding hydrogens is 158 g/mol. The van der Waals surface area contributed by atoms with Gasteiger partial charge >= 0.3 is 0 Å². The molecule has 1 heteroatoms. The van der Waals surface area contributed by atoms with Gasteiger partial charge in [0.25, 0.3) is 0 Å². The van der Waals surface area contributed by atoms with Crippen LogP contribution in [0.2, 0.25) is 0 Å². The molecule has 66 valence electrons. The van der Waals surface area contributed by atoms with Gasteiger partial charge in [-0.1, -0.05) is 37.8 Å². The van der Waals surface area contributed by atoms with Gasteiger partial charge in [0, 0.05) is 22.2 Å². The zero-order valence-electron chi connectivity index (χ0n) is 7.80. The molecule has 1 aromatic carbocycles. The van der Waals surface area contributed by atoms with E-state index in [0.29, 0.717) is 0 Å². The lowest BCUT2D eigenvalue weighted by Gasteiger charge is -1.93. The number of hydrogen-bond acceptors (Lipinski definition) is 0. The maximum Gasteiger partial charge on any atom is 0.0462 e. The third kappa shape index (κ3) is 1.17. The zero-order chi connectivity index (χ0) is 9.26. The van der Waals surface area contributed by atoms with Crippen molar-refractivity contribution in [2.24, 2.45) is 0 Å². The number of para-hydroxylation sites is 1. The van der Waals surface area contributed by atoms with Crippen molar-refractivity contribution in [2.75, 3.05) is 0 Å². The van der Waals surface area contributed by atoms with E-state index in [0.717, 1.165) is 6.42 Å². The Morgan fingerprint density at radius 2 is 2.15 bits per heavy atom. The van der Waals surface area contributed by atoms with Crippen LogP contribution in [-0.2, 0) is 6.42 Å². The summed E-state index contributed by atoms with van der Waals surface area (Å²) in [5.74, 6) is 0. The van der Waals surface area contributed by atoms with Crippen LogP contribution >= 0.6 is 0 Å². The molecule has 0 amide bonds. The van der Waals surface area contributed by atoms with E-state index < -0.39 is 0 Å². The summed E-state index contributed by atoms with van der Waals surface area (Å²) in [6.45, 7) is 5.99. The molecule has 0 spiro atoms.